The lowest BCUT2D eigenvalue weighted by Crippen LogP contribution is -2.26. The number of carbonyl (C=O) groups excluding carboxylic acids is 1. The van der Waals surface area contributed by atoms with Crippen LogP contribution in [0, 0.1) is 5.41 Å². The second-order valence-electron chi connectivity index (χ2n) is 8.47. The molecule has 7 nitrogen and oxygen atoms in total. The molecule has 0 saturated heterocycles. The first kappa shape index (κ1) is 19.7. The maximum atomic E-state index is 13.0. The lowest BCUT2D eigenvalue weighted by Gasteiger charge is -2.18. The summed E-state index contributed by atoms with van der Waals surface area (Å²) in [5, 5.41) is -0.240. The number of hydrogen-bond donors (Lipinski definition) is 2. The predicted octanol–water partition coefficient (Wildman–Crippen LogP) is 3.44. The highest BCUT2D eigenvalue weighted by atomic mass is 32.2. The summed E-state index contributed by atoms with van der Waals surface area (Å²) in [4.78, 5) is 25.2. The molecule has 1 aromatic carbocycles. The number of carbonyl (C=O) groups is 1. The lowest BCUT2D eigenvalue weighted by atomic mass is 9.87. The number of ketones is 1. The summed E-state index contributed by atoms with van der Waals surface area (Å²) in [5.74, 6) is -0.0854. The van der Waals surface area contributed by atoms with Crippen molar-refractivity contribution in [1.82, 2.24) is 19.7 Å². The van der Waals surface area contributed by atoms with Crippen LogP contribution in [0.3, 0.4) is 0 Å². The number of sulfonamides is 1. The zero-order chi connectivity index (χ0) is 20.8. The number of hydrogen-bond acceptors (Lipinski definition) is 5. The van der Waals surface area contributed by atoms with Crippen molar-refractivity contribution in [3.63, 3.8) is 0 Å². The third-order valence-electron chi connectivity index (χ3n) is 4.95. The molecular weight excluding hydrogens is 388 g/mol. The van der Waals surface area contributed by atoms with Crippen LogP contribution in [0.5, 0.6) is 0 Å². The first-order valence-corrected chi connectivity index (χ1v) is 11.2. The van der Waals surface area contributed by atoms with Crippen molar-refractivity contribution >= 4 is 27.0 Å². The topological polar surface area (TPSA) is 105 Å². The summed E-state index contributed by atoms with van der Waals surface area (Å²) in [6.07, 6.45) is 3.22. The van der Waals surface area contributed by atoms with E-state index in [0.29, 0.717) is 22.6 Å². The van der Waals surface area contributed by atoms with Crippen molar-refractivity contribution in [3.8, 4) is 11.3 Å². The molecule has 0 amide bonds. The molecular formula is C21H24N4O3S. The molecule has 1 fully saturated rings. The highest BCUT2D eigenvalue weighted by Crippen LogP contribution is 2.30. The molecule has 0 spiro atoms. The van der Waals surface area contributed by atoms with E-state index in [9.17, 15) is 13.2 Å². The van der Waals surface area contributed by atoms with Gasteiger partial charge in [0.15, 0.2) is 11.4 Å². The number of benzene rings is 1. The summed E-state index contributed by atoms with van der Waals surface area (Å²) in [7, 11) is -3.22. The molecule has 1 aliphatic rings. The van der Waals surface area contributed by atoms with Crippen LogP contribution < -0.4 is 4.72 Å². The second kappa shape index (κ2) is 7.03. The van der Waals surface area contributed by atoms with Gasteiger partial charge in [-0.15, -0.1) is 0 Å². The fourth-order valence-corrected chi connectivity index (χ4v) is 4.41. The van der Waals surface area contributed by atoms with Crippen molar-refractivity contribution in [1.29, 1.82) is 0 Å². The van der Waals surface area contributed by atoms with E-state index in [2.05, 4.69) is 19.7 Å². The smallest absolute Gasteiger partial charge is 0.214 e. The van der Waals surface area contributed by atoms with Gasteiger partial charge in [0.25, 0.3) is 0 Å². The van der Waals surface area contributed by atoms with E-state index in [1.807, 2.05) is 51.1 Å². The normalized spacial score (nSPS) is 15.0. The van der Waals surface area contributed by atoms with Gasteiger partial charge in [0, 0.05) is 23.7 Å². The highest BCUT2D eigenvalue weighted by molar-refractivity contribution is 7.90. The van der Waals surface area contributed by atoms with Gasteiger partial charge in [0.05, 0.1) is 5.25 Å². The number of rotatable bonds is 6. The number of aromatic nitrogens is 3. The van der Waals surface area contributed by atoms with Crippen molar-refractivity contribution in [3.05, 3.63) is 47.8 Å². The first-order chi connectivity index (χ1) is 13.6. The Hall–Kier alpha value is -2.58. The number of H-pyrrole nitrogens is 1. The van der Waals surface area contributed by atoms with E-state index in [1.54, 1.807) is 6.20 Å². The summed E-state index contributed by atoms with van der Waals surface area (Å²) in [6, 6.07) is 9.21. The Morgan fingerprint density at radius 3 is 2.45 bits per heavy atom. The van der Waals surface area contributed by atoms with Crippen LogP contribution >= 0.6 is 0 Å². The molecule has 29 heavy (non-hydrogen) atoms. The van der Waals surface area contributed by atoms with Gasteiger partial charge in [0.2, 0.25) is 10.0 Å². The fraction of sp³-hybridized carbons (Fsp3) is 0.381. The monoisotopic (exact) mass is 412 g/mol. The largest absolute Gasteiger partial charge is 0.345 e. The average Bonchev–Trinajstić information content (AvgIpc) is 3.44. The van der Waals surface area contributed by atoms with Crippen molar-refractivity contribution in [2.24, 2.45) is 5.41 Å². The lowest BCUT2D eigenvalue weighted by molar-refractivity contribution is 0.0853. The van der Waals surface area contributed by atoms with Gasteiger partial charge < -0.3 is 4.98 Å². The van der Waals surface area contributed by atoms with Crippen LogP contribution in [0.25, 0.3) is 22.4 Å². The Balaban J connectivity index is 1.65. The van der Waals surface area contributed by atoms with Gasteiger partial charge in [-0.25, -0.2) is 23.1 Å². The Morgan fingerprint density at radius 2 is 1.83 bits per heavy atom. The summed E-state index contributed by atoms with van der Waals surface area (Å²) in [5.41, 5.74) is 3.14. The van der Waals surface area contributed by atoms with Gasteiger partial charge in [-0.05, 0) is 24.5 Å². The summed E-state index contributed by atoms with van der Waals surface area (Å²) >= 11 is 0. The highest BCUT2D eigenvalue weighted by Gasteiger charge is 2.35. The van der Waals surface area contributed by atoms with Crippen LogP contribution in [0.4, 0.5) is 0 Å². The van der Waals surface area contributed by atoms with E-state index in [4.69, 9.17) is 0 Å². The quantitative estimate of drug-likeness (QED) is 0.604. The molecule has 1 saturated carbocycles. The maximum absolute atomic E-state index is 13.0. The van der Waals surface area contributed by atoms with Crippen molar-refractivity contribution < 1.29 is 13.2 Å². The Morgan fingerprint density at radius 1 is 1.14 bits per heavy atom. The molecule has 2 heterocycles. The number of Topliss-reactive ketones (excluding diaryl/α,β-unsaturated/α-hetero) is 1. The van der Waals surface area contributed by atoms with E-state index in [0.717, 1.165) is 24.0 Å². The molecule has 2 N–H and O–H groups in total. The van der Waals surface area contributed by atoms with E-state index in [1.165, 1.54) is 0 Å². The zero-order valence-electron chi connectivity index (χ0n) is 16.7. The number of aromatic amines is 1. The molecule has 1 aliphatic carbocycles. The van der Waals surface area contributed by atoms with Crippen LogP contribution in [0.1, 0.15) is 49.7 Å². The van der Waals surface area contributed by atoms with Gasteiger partial charge >= 0.3 is 0 Å². The fourth-order valence-electron chi connectivity index (χ4n) is 3.05. The van der Waals surface area contributed by atoms with Crippen LogP contribution in [-0.2, 0) is 16.6 Å². The standard InChI is InChI=1S/C21H24N4O3S/c1-21(2,3)19(26)18-17(24-16-10-11-22-20(16)25-18)14-6-4-13(5-7-14)12-23-29(27,28)15-8-9-15/h4-7,10-11,15,23H,8-9,12H2,1-3H3,(H,22,25). The summed E-state index contributed by atoms with van der Waals surface area (Å²) in [6.45, 7) is 5.81. The molecule has 0 atom stereocenters. The maximum Gasteiger partial charge on any atom is 0.214 e. The van der Waals surface area contributed by atoms with Crippen LogP contribution in [0.15, 0.2) is 36.5 Å². The molecule has 0 radical (unpaired) electrons. The van der Waals surface area contributed by atoms with E-state index >= 15 is 0 Å². The van der Waals surface area contributed by atoms with Gasteiger partial charge in [-0.1, -0.05) is 45.0 Å². The molecule has 152 valence electrons. The molecule has 0 bridgehead atoms. The molecule has 3 aromatic rings. The third-order valence-corrected chi connectivity index (χ3v) is 6.84. The average molecular weight is 413 g/mol. The Labute approximate surface area is 170 Å². The Bertz CT molecular complexity index is 1170. The van der Waals surface area contributed by atoms with Crippen LogP contribution in [0.2, 0.25) is 0 Å². The number of nitrogens with one attached hydrogen (secondary N) is 2. The van der Waals surface area contributed by atoms with Gasteiger partial charge in [-0.2, -0.15) is 0 Å². The van der Waals surface area contributed by atoms with Crippen LogP contribution in [-0.4, -0.2) is 34.4 Å². The Kier molecular flexibility index (Phi) is 4.78. The first-order valence-electron chi connectivity index (χ1n) is 9.63. The second-order valence-corrected chi connectivity index (χ2v) is 10.5. The predicted molar refractivity (Wildman–Crippen MR) is 112 cm³/mol. The minimum atomic E-state index is -3.22. The SMILES string of the molecule is CC(C)(C)C(=O)c1nc2[nH]ccc2nc1-c1ccc(CNS(=O)(=O)C2CC2)cc1. The zero-order valence-corrected chi connectivity index (χ0v) is 17.5. The minimum absolute atomic E-state index is 0.0854. The van der Waals surface area contributed by atoms with E-state index < -0.39 is 15.4 Å². The molecule has 4 rings (SSSR count). The molecule has 8 heteroatoms. The number of fused-ring (bicyclic) bond motifs is 1. The van der Waals surface area contributed by atoms with Crippen molar-refractivity contribution in [2.45, 2.75) is 45.4 Å². The third kappa shape index (κ3) is 4.09. The molecule has 0 unspecified atom stereocenters. The van der Waals surface area contributed by atoms with Crippen molar-refractivity contribution in [2.75, 3.05) is 0 Å². The van der Waals surface area contributed by atoms with Gasteiger partial charge in [0.1, 0.15) is 16.9 Å². The molecule has 2 aromatic heterocycles. The summed E-state index contributed by atoms with van der Waals surface area (Å²) < 4.78 is 26.6. The number of nitrogens with zero attached hydrogens (tertiary/aromatic N) is 2. The molecule has 0 aliphatic heterocycles. The van der Waals surface area contributed by atoms with E-state index in [-0.39, 0.29) is 17.6 Å². The minimum Gasteiger partial charge on any atom is -0.345 e. The van der Waals surface area contributed by atoms with Gasteiger partial charge in [-0.3, -0.25) is 4.79 Å².